The molecule has 1 aromatic carbocycles. The molecule has 158 valence electrons. The molecule has 2 aliphatic rings. The molecule has 0 saturated carbocycles. The molecule has 0 spiro atoms. The van der Waals surface area contributed by atoms with Crippen molar-refractivity contribution in [3.63, 3.8) is 0 Å². The number of benzene rings is 1. The summed E-state index contributed by atoms with van der Waals surface area (Å²) in [6.07, 6.45) is 4.60. The minimum absolute atomic E-state index is 0.0148. The lowest BCUT2D eigenvalue weighted by Gasteiger charge is -2.32. The van der Waals surface area contributed by atoms with Gasteiger partial charge in [0.15, 0.2) is 6.29 Å². The largest absolute Gasteiger partial charge is 0.364 e. The smallest absolute Gasteiger partial charge is 0.297 e. The zero-order valence-corrected chi connectivity index (χ0v) is 18.1. The first kappa shape index (κ1) is 21.7. The molecule has 3 unspecified atom stereocenters. The number of hydrogen-bond acceptors (Lipinski definition) is 6. The van der Waals surface area contributed by atoms with Gasteiger partial charge in [0.05, 0.1) is 23.2 Å². The topological polar surface area (TPSA) is 74.4 Å². The Kier molecular flexibility index (Phi) is 6.51. The number of ether oxygens (including phenoxy) is 3. The molecule has 2 aliphatic heterocycles. The standard InChI is InChI=1S/C21H32O6S/c1-16-8-10-17(11-9-16)28(22,23)25-15-21(4)18(26-21)12-13-20(2,3)27-19-7-5-6-14-24-19/h8-11,18-19H,5-7,12-15H2,1-4H3. The van der Waals surface area contributed by atoms with Crippen LogP contribution >= 0.6 is 0 Å². The Morgan fingerprint density at radius 2 is 1.93 bits per heavy atom. The lowest BCUT2D eigenvalue weighted by molar-refractivity contribution is -0.217. The van der Waals surface area contributed by atoms with Gasteiger partial charge in [0, 0.05) is 6.61 Å². The first-order valence-electron chi connectivity index (χ1n) is 10.0. The third-order valence-electron chi connectivity index (χ3n) is 5.44. The summed E-state index contributed by atoms with van der Waals surface area (Å²) in [7, 11) is -3.78. The molecule has 0 bridgehead atoms. The van der Waals surface area contributed by atoms with Crippen LogP contribution in [0.2, 0.25) is 0 Å². The molecular formula is C21H32O6S. The van der Waals surface area contributed by atoms with Crippen LogP contribution in [0.3, 0.4) is 0 Å². The van der Waals surface area contributed by atoms with Crippen molar-refractivity contribution in [3.05, 3.63) is 29.8 Å². The van der Waals surface area contributed by atoms with Crippen LogP contribution in [0.1, 0.15) is 58.4 Å². The van der Waals surface area contributed by atoms with Crippen molar-refractivity contribution < 1.29 is 26.8 Å². The van der Waals surface area contributed by atoms with Crippen LogP contribution in [-0.4, -0.2) is 45.2 Å². The van der Waals surface area contributed by atoms with Gasteiger partial charge < -0.3 is 14.2 Å². The Labute approximate surface area is 168 Å². The van der Waals surface area contributed by atoms with Crippen LogP contribution < -0.4 is 0 Å². The average Bonchev–Trinajstić information content (AvgIpc) is 3.30. The Morgan fingerprint density at radius 3 is 2.57 bits per heavy atom. The van der Waals surface area contributed by atoms with Crippen molar-refractivity contribution in [2.24, 2.45) is 0 Å². The van der Waals surface area contributed by atoms with Crippen molar-refractivity contribution in [2.75, 3.05) is 13.2 Å². The van der Waals surface area contributed by atoms with E-state index in [4.69, 9.17) is 18.4 Å². The molecule has 6 nitrogen and oxygen atoms in total. The molecule has 2 heterocycles. The molecule has 3 atom stereocenters. The van der Waals surface area contributed by atoms with Gasteiger partial charge in [0.2, 0.25) is 0 Å². The predicted octanol–water partition coefficient (Wildman–Crippen LogP) is 3.96. The van der Waals surface area contributed by atoms with E-state index in [1.165, 1.54) is 0 Å². The summed E-state index contributed by atoms with van der Waals surface area (Å²) in [5, 5.41) is 0. The fourth-order valence-corrected chi connectivity index (χ4v) is 4.44. The highest BCUT2D eigenvalue weighted by Crippen LogP contribution is 2.41. The van der Waals surface area contributed by atoms with Crippen LogP contribution in [-0.2, 0) is 28.5 Å². The summed E-state index contributed by atoms with van der Waals surface area (Å²) < 4.78 is 47.5. The number of aryl methyl sites for hydroxylation is 1. The van der Waals surface area contributed by atoms with Gasteiger partial charge in [-0.05, 0) is 71.9 Å². The molecule has 3 rings (SSSR count). The monoisotopic (exact) mass is 412 g/mol. The second-order valence-electron chi connectivity index (χ2n) is 8.66. The highest BCUT2D eigenvalue weighted by Gasteiger charge is 2.53. The van der Waals surface area contributed by atoms with E-state index in [9.17, 15) is 8.42 Å². The Hall–Kier alpha value is -0.990. The van der Waals surface area contributed by atoms with Crippen molar-refractivity contribution in [3.8, 4) is 0 Å². The summed E-state index contributed by atoms with van der Waals surface area (Å²) >= 11 is 0. The van der Waals surface area contributed by atoms with E-state index in [1.807, 2.05) is 13.8 Å². The molecule has 7 heteroatoms. The molecule has 0 aliphatic carbocycles. The highest BCUT2D eigenvalue weighted by atomic mass is 32.2. The predicted molar refractivity (Wildman–Crippen MR) is 106 cm³/mol. The van der Waals surface area contributed by atoms with Crippen molar-refractivity contribution in [2.45, 2.75) is 88.3 Å². The second kappa shape index (κ2) is 8.40. The van der Waals surface area contributed by atoms with Gasteiger partial charge >= 0.3 is 0 Å². The summed E-state index contributed by atoms with van der Waals surface area (Å²) in [6, 6.07) is 6.63. The van der Waals surface area contributed by atoms with Gasteiger partial charge in [0.1, 0.15) is 5.60 Å². The number of rotatable bonds is 9. The maximum absolute atomic E-state index is 12.4. The van der Waals surface area contributed by atoms with Gasteiger partial charge in [-0.15, -0.1) is 0 Å². The lowest BCUT2D eigenvalue weighted by atomic mass is 9.97. The molecule has 28 heavy (non-hydrogen) atoms. The molecule has 2 saturated heterocycles. The molecule has 0 aromatic heterocycles. The van der Waals surface area contributed by atoms with E-state index in [0.717, 1.165) is 44.3 Å². The van der Waals surface area contributed by atoms with Gasteiger partial charge in [-0.25, -0.2) is 0 Å². The maximum Gasteiger partial charge on any atom is 0.297 e. The van der Waals surface area contributed by atoms with E-state index in [0.29, 0.717) is 0 Å². The van der Waals surface area contributed by atoms with E-state index in [1.54, 1.807) is 24.3 Å². The lowest BCUT2D eigenvalue weighted by Crippen LogP contribution is -2.34. The van der Waals surface area contributed by atoms with Crippen molar-refractivity contribution in [1.29, 1.82) is 0 Å². The Balaban J connectivity index is 1.45. The average molecular weight is 413 g/mol. The third-order valence-corrected chi connectivity index (χ3v) is 6.72. The van der Waals surface area contributed by atoms with Gasteiger partial charge in [-0.3, -0.25) is 4.18 Å². The van der Waals surface area contributed by atoms with Crippen molar-refractivity contribution in [1.82, 2.24) is 0 Å². The van der Waals surface area contributed by atoms with Crippen LogP contribution in [0.25, 0.3) is 0 Å². The quantitative estimate of drug-likeness (QED) is 0.451. The normalized spacial score (nSPS) is 28.3. The third kappa shape index (κ3) is 5.76. The fourth-order valence-electron chi connectivity index (χ4n) is 3.45. The molecule has 1 aromatic rings. The summed E-state index contributed by atoms with van der Waals surface area (Å²) in [4.78, 5) is 0.168. The first-order valence-corrected chi connectivity index (χ1v) is 11.4. The minimum atomic E-state index is -3.78. The zero-order chi connectivity index (χ0) is 20.4. The van der Waals surface area contributed by atoms with Gasteiger partial charge in [-0.1, -0.05) is 17.7 Å². The fraction of sp³-hybridized carbons (Fsp3) is 0.714. The van der Waals surface area contributed by atoms with Crippen LogP contribution in [0.15, 0.2) is 29.2 Å². The minimum Gasteiger partial charge on any atom is -0.364 e. The molecule has 0 N–H and O–H groups in total. The van der Waals surface area contributed by atoms with Gasteiger partial charge in [0.25, 0.3) is 10.1 Å². The first-order chi connectivity index (χ1) is 13.1. The second-order valence-corrected chi connectivity index (χ2v) is 10.3. The summed E-state index contributed by atoms with van der Waals surface area (Å²) in [5.74, 6) is 0. The maximum atomic E-state index is 12.4. The van der Waals surface area contributed by atoms with E-state index >= 15 is 0 Å². The van der Waals surface area contributed by atoms with Crippen LogP contribution in [0.4, 0.5) is 0 Å². The zero-order valence-electron chi connectivity index (χ0n) is 17.3. The molecule has 0 amide bonds. The highest BCUT2D eigenvalue weighted by molar-refractivity contribution is 7.86. The van der Waals surface area contributed by atoms with Gasteiger partial charge in [-0.2, -0.15) is 8.42 Å². The SMILES string of the molecule is Cc1ccc(S(=O)(=O)OCC2(C)OC2CCC(C)(C)OC2CCCCO2)cc1. The number of epoxide rings is 1. The summed E-state index contributed by atoms with van der Waals surface area (Å²) in [5.41, 5.74) is 0.110. The Bertz CT molecular complexity index is 752. The van der Waals surface area contributed by atoms with E-state index in [2.05, 4.69) is 13.8 Å². The van der Waals surface area contributed by atoms with E-state index < -0.39 is 15.7 Å². The number of hydrogen-bond donors (Lipinski definition) is 0. The molecular weight excluding hydrogens is 380 g/mol. The van der Waals surface area contributed by atoms with E-state index in [-0.39, 0.29) is 29.5 Å². The van der Waals surface area contributed by atoms with Crippen molar-refractivity contribution >= 4 is 10.1 Å². The van der Waals surface area contributed by atoms with Crippen LogP contribution in [0.5, 0.6) is 0 Å². The molecule has 0 radical (unpaired) electrons. The van der Waals surface area contributed by atoms with Crippen LogP contribution in [0, 0.1) is 6.92 Å². The Morgan fingerprint density at radius 1 is 1.21 bits per heavy atom. The summed E-state index contributed by atoms with van der Waals surface area (Å²) in [6.45, 7) is 8.69. The molecule has 2 fully saturated rings.